The second kappa shape index (κ2) is 10.9. The number of para-hydroxylation sites is 1. The molecule has 2 N–H and O–H groups in total. The summed E-state index contributed by atoms with van der Waals surface area (Å²) in [5.74, 6) is -0.809. The van der Waals surface area contributed by atoms with E-state index in [1.165, 1.54) is 18.5 Å². The average molecular weight is 686 g/mol. The van der Waals surface area contributed by atoms with Gasteiger partial charge in [-0.05, 0) is 67.8 Å². The van der Waals surface area contributed by atoms with E-state index in [0.717, 1.165) is 31.0 Å². The van der Waals surface area contributed by atoms with Gasteiger partial charge in [0.1, 0.15) is 5.69 Å². The molecule has 0 saturated carbocycles. The van der Waals surface area contributed by atoms with E-state index in [0.29, 0.717) is 15.7 Å². The molecule has 5 aromatic rings. The number of carbonyl (C=O) groups is 2. The van der Waals surface area contributed by atoms with Gasteiger partial charge in [-0.1, -0.05) is 58.4 Å². The zero-order chi connectivity index (χ0) is 25.9. The summed E-state index contributed by atoms with van der Waals surface area (Å²) >= 11 is 10.4. The number of fused-ring (bicyclic) bond motifs is 1. The van der Waals surface area contributed by atoms with Crippen LogP contribution in [0.4, 0.5) is 0 Å². The van der Waals surface area contributed by atoms with Crippen LogP contribution in [0.1, 0.15) is 26.6 Å². The minimum absolute atomic E-state index is 0.0597. The predicted molar refractivity (Wildman–Crippen MR) is 152 cm³/mol. The van der Waals surface area contributed by atoms with Gasteiger partial charge in [0.15, 0.2) is 5.75 Å². The molecule has 5 rings (SSSR count). The van der Waals surface area contributed by atoms with Gasteiger partial charge in [0.05, 0.1) is 22.5 Å². The highest BCUT2D eigenvalue weighted by Gasteiger charge is 2.21. The molecule has 0 aliphatic heterocycles. The highest BCUT2D eigenvalue weighted by molar-refractivity contribution is 9.11. The van der Waals surface area contributed by atoms with Crippen molar-refractivity contribution in [3.63, 3.8) is 0 Å². The SMILES string of the molecule is O=C(Oc1c(Br)cc(Br)cc1C=NNC(=O)c1[nH]c2c(Br)cccc2c1-c1ccccc1)c1ccco1. The van der Waals surface area contributed by atoms with Gasteiger partial charge in [0.25, 0.3) is 5.91 Å². The first kappa shape index (κ1) is 25.2. The molecule has 3 aromatic carbocycles. The molecule has 0 fully saturated rings. The number of hydrogen-bond acceptors (Lipinski definition) is 5. The third kappa shape index (κ3) is 5.31. The van der Waals surface area contributed by atoms with Gasteiger partial charge >= 0.3 is 5.97 Å². The van der Waals surface area contributed by atoms with E-state index in [2.05, 4.69) is 63.3 Å². The lowest BCUT2D eigenvalue weighted by Crippen LogP contribution is -2.19. The van der Waals surface area contributed by atoms with E-state index < -0.39 is 11.9 Å². The number of rotatable bonds is 6. The van der Waals surface area contributed by atoms with E-state index in [1.807, 2.05) is 48.5 Å². The maximum Gasteiger partial charge on any atom is 0.379 e. The maximum atomic E-state index is 13.3. The number of benzene rings is 3. The number of aromatic amines is 1. The summed E-state index contributed by atoms with van der Waals surface area (Å²) < 4.78 is 12.7. The lowest BCUT2D eigenvalue weighted by molar-refractivity contribution is 0.0699. The summed E-state index contributed by atoms with van der Waals surface area (Å²) in [5, 5.41) is 5.05. The van der Waals surface area contributed by atoms with Crippen LogP contribution in [0.15, 0.2) is 102 Å². The molecule has 1 amide bonds. The van der Waals surface area contributed by atoms with Crippen molar-refractivity contribution in [2.75, 3.05) is 0 Å². The predicted octanol–water partition coefficient (Wildman–Crippen LogP) is 7.70. The second-order valence-corrected chi connectivity index (χ2v) is 10.4. The first-order chi connectivity index (χ1) is 17.9. The number of hydrogen-bond donors (Lipinski definition) is 2. The van der Waals surface area contributed by atoms with Crippen LogP contribution in [0.2, 0.25) is 0 Å². The number of nitrogens with zero attached hydrogens (tertiary/aromatic N) is 1. The van der Waals surface area contributed by atoms with Crippen molar-refractivity contribution in [2.24, 2.45) is 5.10 Å². The quantitative estimate of drug-likeness (QED) is 0.0829. The highest BCUT2D eigenvalue weighted by atomic mass is 79.9. The molecular formula is C27H16Br3N3O4. The Labute approximate surface area is 236 Å². The van der Waals surface area contributed by atoms with Crippen molar-refractivity contribution in [2.45, 2.75) is 0 Å². The number of ether oxygens (including phenoxy) is 1. The van der Waals surface area contributed by atoms with Gasteiger partial charge in [-0.15, -0.1) is 0 Å². The van der Waals surface area contributed by atoms with Gasteiger partial charge in [-0.25, -0.2) is 10.2 Å². The molecule has 2 heterocycles. The van der Waals surface area contributed by atoms with Crippen LogP contribution in [-0.2, 0) is 0 Å². The molecule has 0 radical (unpaired) electrons. The first-order valence-electron chi connectivity index (χ1n) is 10.9. The molecule has 0 aliphatic rings. The fourth-order valence-electron chi connectivity index (χ4n) is 3.79. The Bertz CT molecular complexity index is 1650. The lowest BCUT2D eigenvalue weighted by atomic mass is 10.0. The molecule has 0 spiro atoms. The number of hydrazone groups is 1. The van der Waals surface area contributed by atoms with Crippen molar-refractivity contribution >= 4 is 76.8 Å². The van der Waals surface area contributed by atoms with E-state index >= 15 is 0 Å². The third-order valence-corrected chi connectivity index (χ3v) is 7.10. The van der Waals surface area contributed by atoms with Crippen LogP contribution in [0.5, 0.6) is 5.75 Å². The molecule has 37 heavy (non-hydrogen) atoms. The minimum atomic E-state index is -0.664. The Balaban J connectivity index is 1.45. The fraction of sp³-hybridized carbons (Fsp3) is 0. The van der Waals surface area contributed by atoms with Crippen molar-refractivity contribution in [3.05, 3.63) is 109 Å². The average Bonchev–Trinajstić information content (AvgIpc) is 3.56. The van der Waals surface area contributed by atoms with E-state index in [4.69, 9.17) is 9.15 Å². The van der Waals surface area contributed by atoms with Gasteiger partial charge in [0, 0.05) is 25.5 Å². The third-order valence-electron chi connectivity index (χ3n) is 5.40. The molecule has 7 nitrogen and oxygen atoms in total. The summed E-state index contributed by atoms with van der Waals surface area (Å²) in [6.45, 7) is 0. The van der Waals surface area contributed by atoms with Gasteiger partial charge in [0.2, 0.25) is 5.76 Å². The summed E-state index contributed by atoms with van der Waals surface area (Å²) in [6.07, 6.45) is 2.79. The van der Waals surface area contributed by atoms with Gasteiger partial charge < -0.3 is 14.1 Å². The summed E-state index contributed by atoms with van der Waals surface area (Å²) in [5.41, 5.74) is 5.86. The zero-order valence-electron chi connectivity index (χ0n) is 18.8. The molecule has 0 aliphatic carbocycles. The number of nitrogens with one attached hydrogen (secondary N) is 2. The molecule has 0 bridgehead atoms. The Kier molecular flexibility index (Phi) is 7.40. The largest absolute Gasteiger partial charge is 0.457 e. The summed E-state index contributed by atoms with van der Waals surface area (Å²) in [4.78, 5) is 28.9. The van der Waals surface area contributed by atoms with E-state index in [9.17, 15) is 9.59 Å². The van der Waals surface area contributed by atoms with Crippen molar-refractivity contribution in [3.8, 4) is 16.9 Å². The fourth-order valence-corrected chi connectivity index (χ4v) is 5.60. The second-order valence-electron chi connectivity index (χ2n) is 7.78. The topological polar surface area (TPSA) is 96.7 Å². The zero-order valence-corrected chi connectivity index (χ0v) is 23.6. The van der Waals surface area contributed by atoms with Crippen LogP contribution in [0.25, 0.3) is 22.0 Å². The van der Waals surface area contributed by atoms with Crippen LogP contribution in [-0.4, -0.2) is 23.1 Å². The smallest absolute Gasteiger partial charge is 0.379 e. The number of halogens is 3. The monoisotopic (exact) mass is 683 g/mol. The molecule has 184 valence electrons. The molecule has 0 unspecified atom stereocenters. The molecule has 2 aromatic heterocycles. The number of amides is 1. The van der Waals surface area contributed by atoms with Crippen molar-refractivity contribution < 1.29 is 18.7 Å². The van der Waals surface area contributed by atoms with Crippen LogP contribution in [0.3, 0.4) is 0 Å². The number of esters is 1. The van der Waals surface area contributed by atoms with Crippen LogP contribution in [0, 0.1) is 0 Å². The number of furan rings is 1. The highest BCUT2D eigenvalue weighted by Crippen LogP contribution is 2.36. The standard InChI is InChI=1S/C27H16Br3N3O4/c28-17-12-16(25(20(30)13-17)37-27(35)21-10-5-11-36-21)14-31-33-26(34)24-22(15-6-2-1-3-7-15)18-8-4-9-19(29)23(18)32-24/h1-14,32H,(H,33,34). The van der Waals surface area contributed by atoms with E-state index in [-0.39, 0.29) is 11.5 Å². The van der Waals surface area contributed by atoms with Crippen LogP contribution < -0.4 is 10.2 Å². The number of aromatic nitrogens is 1. The minimum Gasteiger partial charge on any atom is -0.457 e. The number of H-pyrrole nitrogens is 1. The summed E-state index contributed by atoms with van der Waals surface area (Å²) in [7, 11) is 0. The summed E-state index contributed by atoms with van der Waals surface area (Å²) in [6, 6.07) is 22.0. The van der Waals surface area contributed by atoms with Crippen molar-refractivity contribution in [1.82, 2.24) is 10.4 Å². The molecular weight excluding hydrogens is 670 g/mol. The van der Waals surface area contributed by atoms with Crippen LogP contribution >= 0.6 is 47.8 Å². The Morgan fingerprint density at radius 3 is 2.51 bits per heavy atom. The number of carbonyl (C=O) groups excluding carboxylic acids is 2. The van der Waals surface area contributed by atoms with Crippen molar-refractivity contribution in [1.29, 1.82) is 0 Å². The van der Waals surface area contributed by atoms with Gasteiger partial charge in [-0.3, -0.25) is 4.79 Å². The first-order valence-corrected chi connectivity index (χ1v) is 13.2. The Hall–Kier alpha value is -3.47. The maximum absolute atomic E-state index is 13.3. The Morgan fingerprint density at radius 2 is 1.76 bits per heavy atom. The van der Waals surface area contributed by atoms with E-state index in [1.54, 1.807) is 18.2 Å². The van der Waals surface area contributed by atoms with Gasteiger partial charge in [-0.2, -0.15) is 5.10 Å². The molecule has 0 atom stereocenters. The molecule has 0 saturated heterocycles. The lowest BCUT2D eigenvalue weighted by Gasteiger charge is -2.09. The normalized spacial score (nSPS) is 11.2. The Morgan fingerprint density at radius 1 is 0.946 bits per heavy atom. The molecule has 10 heteroatoms.